The van der Waals surface area contributed by atoms with E-state index in [-0.39, 0.29) is 13.2 Å². The number of imidazole rings is 1. The van der Waals surface area contributed by atoms with E-state index in [9.17, 15) is 14.4 Å². The first-order valence-electron chi connectivity index (χ1n) is 7.77. The van der Waals surface area contributed by atoms with Gasteiger partial charge < -0.3 is 9.67 Å². The van der Waals surface area contributed by atoms with Crippen LogP contribution in [0.3, 0.4) is 0 Å². The molecule has 4 amide bonds. The van der Waals surface area contributed by atoms with Crippen molar-refractivity contribution in [2.45, 2.75) is 12.1 Å². The van der Waals surface area contributed by atoms with E-state index < -0.39 is 23.4 Å². The van der Waals surface area contributed by atoms with Gasteiger partial charge in [-0.15, -0.1) is 0 Å². The first-order valence-corrected chi connectivity index (χ1v) is 7.77. The zero-order valence-electron chi connectivity index (χ0n) is 13.1. The third-order valence-electron chi connectivity index (χ3n) is 4.50. The normalized spacial score (nSPS) is 22.3. The van der Waals surface area contributed by atoms with Crippen molar-refractivity contribution in [3.05, 3.63) is 18.7 Å². The Bertz CT molecular complexity index is 603. The van der Waals surface area contributed by atoms with E-state index in [1.807, 2.05) is 0 Å². The highest BCUT2D eigenvalue weighted by molar-refractivity contribution is 6.22. The Labute approximate surface area is 138 Å². The van der Waals surface area contributed by atoms with Crippen molar-refractivity contribution in [3.63, 3.8) is 0 Å². The number of rotatable bonds is 5. The third-order valence-corrected chi connectivity index (χ3v) is 4.50. The summed E-state index contributed by atoms with van der Waals surface area (Å²) in [4.78, 5) is 44.5. The van der Waals surface area contributed by atoms with E-state index in [0.29, 0.717) is 32.7 Å². The summed E-state index contributed by atoms with van der Waals surface area (Å²) >= 11 is 0. The second kappa shape index (κ2) is 6.67. The topological polar surface area (TPSA) is 120 Å². The van der Waals surface area contributed by atoms with Gasteiger partial charge in [0.15, 0.2) is 5.54 Å². The fourth-order valence-corrected chi connectivity index (χ4v) is 3.22. The van der Waals surface area contributed by atoms with E-state index in [1.165, 1.54) is 6.33 Å². The highest BCUT2D eigenvalue weighted by Crippen LogP contribution is 2.23. The molecule has 0 spiro atoms. The lowest BCUT2D eigenvalue weighted by molar-refractivity contribution is -0.150. The lowest BCUT2D eigenvalue weighted by Crippen LogP contribution is -2.76. The Morgan fingerprint density at radius 2 is 1.79 bits per heavy atom. The number of hydrogen-bond acceptors (Lipinski definition) is 7. The van der Waals surface area contributed by atoms with Crippen molar-refractivity contribution in [1.29, 1.82) is 0 Å². The zero-order valence-corrected chi connectivity index (χ0v) is 13.1. The van der Waals surface area contributed by atoms with Gasteiger partial charge in [-0.3, -0.25) is 30.0 Å². The molecule has 2 fully saturated rings. The Morgan fingerprint density at radius 3 is 2.33 bits per heavy atom. The minimum atomic E-state index is -1.50. The number of aliphatic hydroxyl groups is 1. The quantitative estimate of drug-likeness (QED) is 0.513. The van der Waals surface area contributed by atoms with Crippen molar-refractivity contribution in [2.24, 2.45) is 0 Å². The van der Waals surface area contributed by atoms with Crippen molar-refractivity contribution in [2.75, 3.05) is 39.3 Å². The molecule has 3 heterocycles. The molecule has 0 bridgehead atoms. The largest absolute Gasteiger partial charge is 0.395 e. The van der Waals surface area contributed by atoms with Gasteiger partial charge in [-0.05, 0) is 0 Å². The number of β-amino-alcohol motifs (C(OH)–C–C–N with tert-alkyl or cyclic N) is 1. The van der Waals surface area contributed by atoms with Gasteiger partial charge in [0, 0.05) is 45.1 Å². The molecule has 24 heavy (non-hydrogen) atoms. The molecule has 1 aromatic heterocycles. The summed E-state index contributed by atoms with van der Waals surface area (Å²) in [5.41, 5.74) is -1.50. The lowest BCUT2D eigenvalue weighted by atomic mass is 9.91. The lowest BCUT2D eigenvalue weighted by Gasteiger charge is -2.46. The Hall–Kier alpha value is -2.30. The number of hydrogen-bond donors (Lipinski definition) is 3. The molecule has 0 aromatic carbocycles. The molecule has 0 atom stereocenters. The zero-order chi connectivity index (χ0) is 17.2. The summed E-state index contributed by atoms with van der Waals surface area (Å²) in [7, 11) is 0. The summed E-state index contributed by atoms with van der Waals surface area (Å²) in [6.07, 6.45) is 4.76. The van der Waals surface area contributed by atoms with Crippen LogP contribution in [0.25, 0.3) is 0 Å². The summed E-state index contributed by atoms with van der Waals surface area (Å²) in [6, 6.07) is -0.801. The molecule has 10 nitrogen and oxygen atoms in total. The number of carbonyl (C=O) groups is 3. The second-order valence-corrected chi connectivity index (χ2v) is 5.88. The van der Waals surface area contributed by atoms with Gasteiger partial charge in [-0.25, -0.2) is 9.78 Å². The average molecular weight is 336 g/mol. The van der Waals surface area contributed by atoms with Crippen LogP contribution in [0, 0.1) is 0 Å². The number of nitrogens with zero attached hydrogens (tertiary/aromatic N) is 4. The van der Waals surface area contributed by atoms with E-state index in [1.54, 1.807) is 21.9 Å². The van der Waals surface area contributed by atoms with Crippen LogP contribution in [0.4, 0.5) is 4.79 Å². The van der Waals surface area contributed by atoms with Gasteiger partial charge in [-0.2, -0.15) is 0 Å². The Kier molecular flexibility index (Phi) is 4.60. The van der Waals surface area contributed by atoms with Crippen LogP contribution in [-0.2, 0) is 16.1 Å². The SMILES string of the molecule is O=C1NC(=O)C(Cn2ccnc2)(N2CCN(CCO)CC2)C(=O)N1. The maximum atomic E-state index is 12.6. The number of amides is 4. The van der Waals surface area contributed by atoms with E-state index in [4.69, 9.17) is 5.11 Å². The third kappa shape index (κ3) is 2.90. The highest BCUT2D eigenvalue weighted by Gasteiger charge is 2.55. The maximum Gasteiger partial charge on any atom is 0.328 e. The highest BCUT2D eigenvalue weighted by atomic mass is 16.3. The second-order valence-electron chi connectivity index (χ2n) is 5.88. The molecule has 0 unspecified atom stereocenters. The van der Waals surface area contributed by atoms with Gasteiger partial charge in [0.1, 0.15) is 0 Å². The Balaban J connectivity index is 1.87. The number of barbiturate groups is 1. The molecule has 2 aliphatic heterocycles. The molecule has 2 saturated heterocycles. The van der Waals surface area contributed by atoms with E-state index in [0.717, 1.165) is 0 Å². The summed E-state index contributed by atoms with van der Waals surface area (Å²) in [5.74, 6) is -1.25. The number of imide groups is 2. The van der Waals surface area contributed by atoms with Gasteiger partial charge >= 0.3 is 6.03 Å². The van der Waals surface area contributed by atoms with Crippen LogP contribution in [0.2, 0.25) is 0 Å². The maximum absolute atomic E-state index is 12.6. The van der Waals surface area contributed by atoms with Crippen LogP contribution in [0.1, 0.15) is 0 Å². The minimum Gasteiger partial charge on any atom is -0.395 e. The summed E-state index contributed by atoms with van der Waals surface area (Å²) < 4.78 is 1.65. The number of nitrogens with one attached hydrogen (secondary N) is 2. The van der Waals surface area contributed by atoms with Crippen molar-refractivity contribution < 1.29 is 19.5 Å². The van der Waals surface area contributed by atoms with Crippen LogP contribution >= 0.6 is 0 Å². The van der Waals surface area contributed by atoms with Gasteiger partial charge in [0.25, 0.3) is 11.8 Å². The fourth-order valence-electron chi connectivity index (χ4n) is 3.22. The van der Waals surface area contributed by atoms with E-state index in [2.05, 4.69) is 20.5 Å². The molecule has 10 heteroatoms. The molecule has 2 aliphatic rings. The molecule has 0 saturated carbocycles. The first kappa shape index (κ1) is 16.6. The van der Waals surface area contributed by atoms with Crippen LogP contribution in [-0.4, -0.2) is 87.2 Å². The van der Waals surface area contributed by atoms with Crippen molar-refractivity contribution in [3.8, 4) is 0 Å². The van der Waals surface area contributed by atoms with Gasteiger partial charge in [0.2, 0.25) is 0 Å². The molecule has 0 aliphatic carbocycles. The average Bonchev–Trinajstić information content (AvgIpc) is 3.05. The predicted octanol–water partition coefficient (Wildman–Crippen LogP) is -2.40. The fraction of sp³-hybridized carbons (Fsp3) is 0.571. The number of piperazine rings is 1. The molecular weight excluding hydrogens is 316 g/mol. The molecular formula is C14H20N6O4. The van der Waals surface area contributed by atoms with E-state index >= 15 is 0 Å². The van der Waals surface area contributed by atoms with Crippen LogP contribution in [0.5, 0.6) is 0 Å². The Morgan fingerprint density at radius 1 is 1.12 bits per heavy atom. The predicted molar refractivity (Wildman–Crippen MR) is 81.7 cm³/mol. The number of urea groups is 1. The molecule has 3 rings (SSSR count). The summed E-state index contributed by atoms with van der Waals surface area (Å²) in [5, 5.41) is 13.5. The minimum absolute atomic E-state index is 0.0651. The standard InChI is InChI=1S/C14H20N6O4/c21-8-7-18-3-5-20(6-4-18)14(9-19-2-1-15-10-19)11(22)16-13(24)17-12(14)23/h1-2,10,21H,3-9H2,(H2,16,17,22,23,24). The summed E-state index contributed by atoms with van der Waals surface area (Å²) in [6.45, 7) is 2.89. The number of carbonyl (C=O) groups excluding carboxylic acids is 3. The molecule has 130 valence electrons. The number of aromatic nitrogens is 2. The van der Waals surface area contributed by atoms with Crippen molar-refractivity contribution in [1.82, 2.24) is 30.0 Å². The van der Waals surface area contributed by atoms with Gasteiger partial charge in [-0.1, -0.05) is 0 Å². The first-order chi connectivity index (χ1) is 11.6. The van der Waals surface area contributed by atoms with Gasteiger partial charge in [0.05, 0.1) is 19.5 Å². The monoisotopic (exact) mass is 336 g/mol. The molecule has 0 radical (unpaired) electrons. The molecule has 1 aromatic rings. The molecule has 3 N–H and O–H groups in total. The number of aliphatic hydroxyl groups excluding tert-OH is 1. The van der Waals surface area contributed by atoms with Crippen LogP contribution in [0.15, 0.2) is 18.7 Å². The van der Waals surface area contributed by atoms with Crippen molar-refractivity contribution >= 4 is 17.8 Å². The smallest absolute Gasteiger partial charge is 0.328 e. The van der Waals surface area contributed by atoms with Crippen LogP contribution < -0.4 is 10.6 Å².